The summed E-state index contributed by atoms with van der Waals surface area (Å²) in [4.78, 5) is 93.3. The van der Waals surface area contributed by atoms with Gasteiger partial charge in [0.1, 0.15) is 34.4 Å². The molecule has 1 aromatic heterocycles. The number of esters is 2. The van der Waals surface area contributed by atoms with E-state index in [9.17, 15) is 28.8 Å². The van der Waals surface area contributed by atoms with Gasteiger partial charge in [-0.25, -0.2) is 19.4 Å². The lowest BCUT2D eigenvalue weighted by Gasteiger charge is -2.41. The van der Waals surface area contributed by atoms with Crippen LogP contribution in [0.5, 0.6) is 0 Å². The number of nitrogen functional groups attached to an aromatic ring is 1. The van der Waals surface area contributed by atoms with Crippen molar-refractivity contribution in [3.05, 3.63) is 82.9 Å². The molecule has 17 nitrogen and oxygen atoms in total. The number of ether oxygens (including phenoxy) is 3. The molecule has 0 aliphatic carbocycles. The fourth-order valence-corrected chi connectivity index (χ4v) is 8.85. The van der Waals surface area contributed by atoms with Gasteiger partial charge in [0.25, 0.3) is 5.91 Å². The van der Waals surface area contributed by atoms with Gasteiger partial charge in [-0.2, -0.15) is 0 Å². The number of nitrogens with zero attached hydrogens (tertiary/aromatic N) is 4. The summed E-state index contributed by atoms with van der Waals surface area (Å²) >= 11 is 2.02. The number of nitrogens with one attached hydrogen (secondary N) is 2. The van der Waals surface area contributed by atoms with Crippen molar-refractivity contribution in [2.45, 2.75) is 107 Å². The SMILES string of the molecule is CC(C)(C)OC(=O)N[C@H]1CCN([C@]2(C(=O)OC(c3ccccc3)c3ccccc3)CN3C(=O)[C@@H](NC(=O)/C(=N\OC(C)(C)C(=O)OC(C)(C)C)c4csc(N)n4)[C@H]3S2)C1=O. The number of alkyl carbamates (subject to hydrolysis) is 1. The Labute approximate surface area is 355 Å². The van der Waals surface area contributed by atoms with E-state index in [2.05, 4.69) is 20.8 Å². The molecule has 60 heavy (non-hydrogen) atoms. The Balaban J connectivity index is 1.29. The van der Waals surface area contributed by atoms with Gasteiger partial charge < -0.3 is 45.2 Å². The number of fused-ring (bicyclic) bond motifs is 1. The van der Waals surface area contributed by atoms with Crippen LogP contribution in [-0.2, 0) is 43.0 Å². The first-order valence-electron chi connectivity index (χ1n) is 19.2. The van der Waals surface area contributed by atoms with E-state index in [0.29, 0.717) is 11.1 Å². The molecular weight excluding hydrogens is 815 g/mol. The highest BCUT2D eigenvalue weighted by Gasteiger charge is 2.67. The number of nitrogens with two attached hydrogens (primary N) is 1. The van der Waals surface area contributed by atoms with Crippen molar-refractivity contribution >= 4 is 69.7 Å². The highest BCUT2D eigenvalue weighted by molar-refractivity contribution is 8.02. The first kappa shape index (κ1) is 43.9. The average molecular weight is 864 g/mol. The van der Waals surface area contributed by atoms with E-state index in [0.717, 1.165) is 23.1 Å². The predicted molar refractivity (Wildman–Crippen MR) is 222 cm³/mol. The van der Waals surface area contributed by atoms with Gasteiger partial charge in [-0.3, -0.25) is 14.4 Å². The molecule has 0 spiro atoms. The summed E-state index contributed by atoms with van der Waals surface area (Å²) in [5.41, 5.74) is 3.57. The number of carbonyl (C=O) groups is 6. The molecule has 0 saturated carbocycles. The highest BCUT2D eigenvalue weighted by atomic mass is 32.2. The number of oxime groups is 1. The van der Waals surface area contributed by atoms with Gasteiger partial charge in [-0.15, -0.1) is 11.3 Å². The van der Waals surface area contributed by atoms with Gasteiger partial charge in [0.05, 0.1) is 6.54 Å². The molecule has 4 atom stereocenters. The highest BCUT2D eigenvalue weighted by Crippen LogP contribution is 2.51. The molecule has 3 aliphatic heterocycles. The van der Waals surface area contributed by atoms with Crippen LogP contribution in [0.2, 0.25) is 0 Å². The third-order valence-corrected chi connectivity index (χ3v) is 11.8. The van der Waals surface area contributed by atoms with Crippen LogP contribution in [0.15, 0.2) is 71.2 Å². The van der Waals surface area contributed by atoms with E-state index < -0.39 is 81.0 Å². The molecule has 3 aliphatic rings. The number of thioether (sulfide) groups is 1. The molecule has 19 heteroatoms. The zero-order valence-electron chi connectivity index (χ0n) is 34.5. The predicted octanol–water partition coefficient (Wildman–Crippen LogP) is 4.12. The Hall–Kier alpha value is -5.69. The van der Waals surface area contributed by atoms with Crippen LogP contribution >= 0.6 is 23.1 Å². The number of rotatable bonds is 12. The molecular formula is C41H49N7O10S2. The molecule has 0 unspecified atom stereocenters. The monoisotopic (exact) mass is 863 g/mol. The molecule has 4 amide bonds. The second-order valence-corrected chi connectivity index (χ2v) is 19.2. The van der Waals surface area contributed by atoms with Crippen molar-refractivity contribution in [2.24, 2.45) is 5.16 Å². The summed E-state index contributed by atoms with van der Waals surface area (Å²) in [6.45, 7) is 12.8. The molecule has 0 radical (unpaired) electrons. The normalized spacial score (nSPS) is 21.9. The van der Waals surface area contributed by atoms with Gasteiger partial charge >= 0.3 is 18.0 Å². The minimum Gasteiger partial charge on any atom is -0.457 e. The number of likely N-dealkylation sites (tertiary alicyclic amines) is 1. The van der Waals surface area contributed by atoms with Gasteiger partial charge in [-0.1, -0.05) is 77.6 Å². The molecule has 4 N–H and O–H groups in total. The molecule has 2 aromatic carbocycles. The van der Waals surface area contributed by atoms with E-state index in [1.165, 1.54) is 29.0 Å². The van der Waals surface area contributed by atoms with E-state index in [1.807, 2.05) is 60.7 Å². The number of anilines is 1. The first-order chi connectivity index (χ1) is 28.1. The lowest BCUT2D eigenvalue weighted by Crippen LogP contribution is -2.68. The van der Waals surface area contributed by atoms with Crippen molar-refractivity contribution in [2.75, 3.05) is 18.8 Å². The number of carbonyl (C=O) groups excluding carboxylic acids is 6. The van der Waals surface area contributed by atoms with E-state index in [-0.39, 0.29) is 36.0 Å². The van der Waals surface area contributed by atoms with Gasteiger partial charge in [-0.05, 0) is 72.9 Å². The zero-order valence-corrected chi connectivity index (χ0v) is 36.2. The van der Waals surface area contributed by atoms with Gasteiger partial charge in [0.2, 0.25) is 22.3 Å². The van der Waals surface area contributed by atoms with E-state index >= 15 is 0 Å². The number of amides is 4. The van der Waals surface area contributed by atoms with Crippen molar-refractivity contribution in [3.8, 4) is 0 Å². The van der Waals surface area contributed by atoms with Crippen LogP contribution in [0.25, 0.3) is 0 Å². The van der Waals surface area contributed by atoms with Crippen LogP contribution in [0.1, 0.15) is 84.7 Å². The maximum Gasteiger partial charge on any atom is 0.408 e. The summed E-state index contributed by atoms with van der Waals surface area (Å²) in [5, 5.41) is 10.1. The van der Waals surface area contributed by atoms with Crippen molar-refractivity contribution < 1.29 is 47.8 Å². The van der Waals surface area contributed by atoms with Crippen molar-refractivity contribution in [1.29, 1.82) is 0 Å². The molecule has 3 aromatic rings. The summed E-state index contributed by atoms with van der Waals surface area (Å²) in [6, 6.07) is 16.0. The summed E-state index contributed by atoms with van der Waals surface area (Å²) < 4.78 is 17.2. The van der Waals surface area contributed by atoms with Crippen molar-refractivity contribution in [3.63, 3.8) is 0 Å². The Morgan fingerprint density at radius 3 is 2.03 bits per heavy atom. The third kappa shape index (κ3) is 9.51. The van der Waals surface area contributed by atoms with Crippen LogP contribution in [0.4, 0.5) is 9.93 Å². The topological polar surface area (TPSA) is 221 Å². The lowest BCUT2D eigenvalue weighted by atomic mass is 10.0. The largest absolute Gasteiger partial charge is 0.457 e. The molecule has 0 bridgehead atoms. The lowest BCUT2D eigenvalue weighted by molar-refractivity contribution is -0.179. The van der Waals surface area contributed by atoms with Crippen LogP contribution in [0, 0.1) is 0 Å². The quantitative estimate of drug-likeness (QED) is 0.0768. The van der Waals surface area contributed by atoms with E-state index in [1.54, 1.807) is 41.5 Å². The number of aromatic nitrogens is 1. The Morgan fingerprint density at radius 1 is 0.883 bits per heavy atom. The molecule has 4 heterocycles. The molecule has 3 saturated heterocycles. The fraction of sp³-hybridized carbons (Fsp3) is 0.463. The van der Waals surface area contributed by atoms with Gasteiger partial charge in [0, 0.05) is 11.9 Å². The minimum atomic E-state index is -1.80. The molecule has 3 fully saturated rings. The van der Waals surface area contributed by atoms with Crippen LogP contribution in [-0.4, -0.2) is 108 Å². The number of benzene rings is 2. The summed E-state index contributed by atoms with van der Waals surface area (Å²) in [6.07, 6.45) is -1.55. The Bertz CT molecular complexity index is 2130. The van der Waals surface area contributed by atoms with Crippen molar-refractivity contribution in [1.82, 2.24) is 25.4 Å². The number of thiazole rings is 1. The smallest absolute Gasteiger partial charge is 0.408 e. The fourth-order valence-electron chi connectivity index (χ4n) is 6.61. The maximum atomic E-state index is 14.9. The van der Waals surface area contributed by atoms with E-state index in [4.69, 9.17) is 24.8 Å². The number of hydrogen-bond donors (Lipinski definition) is 3. The molecule has 6 rings (SSSR count). The Morgan fingerprint density at radius 2 is 1.48 bits per heavy atom. The maximum absolute atomic E-state index is 14.9. The number of hydrogen-bond acceptors (Lipinski definition) is 15. The van der Waals surface area contributed by atoms with Crippen LogP contribution in [0.3, 0.4) is 0 Å². The summed E-state index contributed by atoms with van der Waals surface area (Å²) in [7, 11) is 0. The Kier molecular flexibility index (Phi) is 12.3. The van der Waals surface area contributed by atoms with Crippen LogP contribution < -0.4 is 16.4 Å². The second-order valence-electron chi connectivity index (χ2n) is 16.9. The first-order valence-corrected chi connectivity index (χ1v) is 21.0. The second kappa shape index (κ2) is 16.8. The molecule has 320 valence electrons. The van der Waals surface area contributed by atoms with Gasteiger partial charge in [0.15, 0.2) is 16.9 Å². The summed E-state index contributed by atoms with van der Waals surface area (Å²) in [5.74, 6) is -3.54. The zero-order chi connectivity index (χ0) is 43.8. The third-order valence-electron chi connectivity index (χ3n) is 9.44. The average Bonchev–Trinajstić information content (AvgIpc) is 3.87. The minimum absolute atomic E-state index is 0.0228. The standard InChI is InChI=1S/C41H49N7O10S2/c1-38(2,3)56-34(52)40(7,8)58-46-27(26-21-59-36(42)43-26)30(49)45-28-32(51)47-22-41(60-33(28)47,48-20-19-25(31(48)50)44-37(54)57-39(4,5)6)35(53)55-29(23-15-11-9-12-16-23)24-17-13-10-14-18-24/h9-18,21,25,28-29,33H,19-20,22H2,1-8H3,(H2,42,43)(H,44,54)(H,45,49)/b46-27-/t25-,28+,33+,41+/m0/s1. The number of β-lactam (4-membered cyclic amide) rings is 1.